The van der Waals surface area contributed by atoms with Crippen LogP contribution in [0.25, 0.3) is 0 Å². The van der Waals surface area contributed by atoms with E-state index in [0.29, 0.717) is 19.7 Å². The van der Waals surface area contributed by atoms with Gasteiger partial charge in [0, 0.05) is 39.3 Å². The van der Waals surface area contributed by atoms with Gasteiger partial charge in [0.1, 0.15) is 5.60 Å². The molecule has 1 fully saturated rings. The molecule has 1 unspecified atom stereocenters. The maximum Gasteiger partial charge on any atom is 0.328 e. The highest BCUT2D eigenvalue weighted by molar-refractivity contribution is 5.79. The summed E-state index contributed by atoms with van der Waals surface area (Å²) in [7, 11) is 1.67. The van der Waals surface area contributed by atoms with Crippen LogP contribution in [0, 0.1) is 0 Å². The average molecular weight is 215 g/mol. The van der Waals surface area contributed by atoms with E-state index in [1.807, 2.05) is 0 Å². The molecule has 0 saturated carbocycles. The molecule has 0 bridgehead atoms. The smallest absolute Gasteiger partial charge is 0.328 e. The fourth-order valence-corrected chi connectivity index (χ4v) is 1.50. The first-order valence-electron chi connectivity index (χ1n) is 4.92. The summed E-state index contributed by atoms with van der Waals surface area (Å²) in [4.78, 5) is 10.2. The Morgan fingerprint density at radius 2 is 2.53 bits per heavy atom. The monoisotopic (exact) mass is 215 g/mol. The number of hydrogen-bond acceptors (Lipinski definition) is 4. The second kappa shape index (κ2) is 5.85. The molecular weight excluding hydrogens is 198 g/mol. The predicted octanol–water partition coefficient (Wildman–Crippen LogP) is 0.0223. The third kappa shape index (κ3) is 3.99. The summed E-state index contributed by atoms with van der Waals surface area (Å²) in [5, 5.41) is 11.5. The molecule has 0 spiro atoms. The van der Waals surface area contributed by atoms with Crippen molar-refractivity contribution in [1.82, 2.24) is 5.32 Å². The van der Waals surface area contributed by atoms with E-state index in [1.165, 1.54) is 0 Å². The molecule has 0 aromatic carbocycles. The van der Waals surface area contributed by atoms with Gasteiger partial charge < -0.3 is 19.9 Å². The topological polar surface area (TPSA) is 67.8 Å². The molecule has 15 heavy (non-hydrogen) atoms. The fraction of sp³-hybridized carbons (Fsp3) is 0.700. The Kier molecular flexibility index (Phi) is 4.74. The molecule has 86 valence electrons. The van der Waals surface area contributed by atoms with Gasteiger partial charge in [0.05, 0.1) is 6.61 Å². The summed E-state index contributed by atoms with van der Waals surface area (Å²) in [5.74, 6) is -0.928. The number of rotatable bonds is 6. The molecule has 1 heterocycles. The SMILES string of the molecule is COC1(CNC/C=C/C(=O)O)CCOC1. The van der Waals surface area contributed by atoms with Crippen LogP contribution in [0.2, 0.25) is 0 Å². The highest BCUT2D eigenvalue weighted by Gasteiger charge is 2.34. The Balaban J connectivity index is 2.20. The number of nitrogens with one attached hydrogen (secondary N) is 1. The van der Waals surface area contributed by atoms with Crippen LogP contribution >= 0.6 is 0 Å². The number of methoxy groups -OCH3 is 1. The highest BCUT2D eigenvalue weighted by Crippen LogP contribution is 2.21. The van der Waals surface area contributed by atoms with Gasteiger partial charge in [0.15, 0.2) is 0 Å². The Morgan fingerprint density at radius 1 is 1.73 bits per heavy atom. The summed E-state index contributed by atoms with van der Waals surface area (Å²) in [6.07, 6.45) is 3.57. The van der Waals surface area contributed by atoms with Crippen molar-refractivity contribution in [1.29, 1.82) is 0 Å². The molecule has 1 aliphatic heterocycles. The largest absolute Gasteiger partial charge is 0.478 e. The van der Waals surface area contributed by atoms with Crippen molar-refractivity contribution in [3.05, 3.63) is 12.2 Å². The molecule has 5 heteroatoms. The van der Waals surface area contributed by atoms with Gasteiger partial charge in [-0.15, -0.1) is 0 Å². The Morgan fingerprint density at radius 3 is 3.07 bits per heavy atom. The van der Waals surface area contributed by atoms with E-state index < -0.39 is 5.97 Å². The minimum absolute atomic E-state index is 0.239. The lowest BCUT2D eigenvalue weighted by Gasteiger charge is -2.25. The van der Waals surface area contributed by atoms with Crippen molar-refractivity contribution in [2.75, 3.05) is 33.4 Å². The summed E-state index contributed by atoms with van der Waals surface area (Å²) >= 11 is 0. The maximum absolute atomic E-state index is 10.2. The van der Waals surface area contributed by atoms with Crippen LogP contribution in [0.1, 0.15) is 6.42 Å². The summed E-state index contributed by atoms with van der Waals surface area (Å²) in [6.45, 7) is 2.52. The average Bonchev–Trinajstić information content (AvgIpc) is 2.66. The molecule has 0 amide bonds. The Hall–Kier alpha value is -0.910. The van der Waals surface area contributed by atoms with Crippen molar-refractivity contribution >= 4 is 5.97 Å². The van der Waals surface area contributed by atoms with Crippen LogP contribution in [-0.2, 0) is 14.3 Å². The van der Waals surface area contributed by atoms with E-state index in [4.69, 9.17) is 14.6 Å². The van der Waals surface area contributed by atoms with E-state index in [1.54, 1.807) is 13.2 Å². The quantitative estimate of drug-likeness (QED) is 0.483. The van der Waals surface area contributed by atoms with Crippen LogP contribution < -0.4 is 5.32 Å². The number of carboxylic acid groups (broad SMARTS) is 1. The van der Waals surface area contributed by atoms with Crippen LogP contribution in [0.15, 0.2) is 12.2 Å². The first-order valence-corrected chi connectivity index (χ1v) is 4.92. The van der Waals surface area contributed by atoms with E-state index in [-0.39, 0.29) is 5.60 Å². The minimum atomic E-state index is -0.928. The van der Waals surface area contributed by atoms with Gasteiger partial charge in [-0.2, -0.15) is 0 Å². The Bertz CT molecular complexity index is 234. The summed E-state index contributed by atoms with van der Waals surface area (Å²) in [5.41, 5.74) is -0.239. The molecule has 0 radical (unpaired) electrons. The number of hydrogen-bond donors (Lipinski definition) is 2. The second-order valence-electron chi connectivity index (χ2n) is 3.56. The first kappa shape index (κ1) is 12.2. The van der Waals surface area contributed by atoms with Crippen LogP contribution in [-0.4, -0.2) is 50.1 Å². The van der Waals surface area contributed by atoms with Crippen molar-refractivity contribution in [3.8, 4) is 0 Å². The molecule has 0 aromatic rings. The second-order valence-corrected chi connectivity index (χ2v) is 3.56. The molecule has 5 nitrogen and oxygen atoms in total. The standard InChI is InChI=1S/C10H17NO4/c1-14-10(4-6-15-8-10)7-11-5-2-3-9(12)13/h2-3,11H,4-8H2,1H3,(H,12,13)/b3-2+. The van der Waals surface area contributed by atoms with Gasteiger partial charge in [-0.1, -0.05) is 6.08 Å². The van der Waals surface area contributed by atoms with Gasteiger partial charge >= 0.3 is 5.97 Å². The van der Waals surface area contributed by atoms with E-state index in [2.05, 4.69) is 5.32 Å². The third-order valence-corrected chi connectivity index (χ3v) is 2.47. The van der Waals surface area contributed by atoms with E-state index in [9.17, 15) is 4.79 Å². The lowest BCUT2D eigenvalue weighted by atomic mass is 10.0. The lowest BCUT2D eigenvalue weighted by molar-refractivity contribution is -0.131. The van der Waals surface area contributed by atoms with Crippen LogP contribution in [0.5, 0.6) is 0 Å². The molecular formula is C10H17NO4. The molecule has 2 N–H and O–H groups in total. The highest BCUT2D eigenvalue weighted by atomic mass is 16.5. The van der Waals surface area contributed by atoms with Gasteiger partial charge in [0.2, 0.25) is 0 Å². The minimum Gasteiger partial charge on any atom is -0.478 e. The number of aliphatic carboxylic acids is 1. The number of ether oxygens (including phenoxy) is 2. The first-order chi connectivity index (χ1) is 7.18. The number of carboxylic acids is 1. The zero-order valence-electron chi connectivity index (χ0n) is 8.86. The maximum atomic E-state index is 10.2. The molecule has 0 aromatic heterocycles. The normalized spacial score (nSPS) is 26.2. The zero-order valence-corrected chi connectivity index (χ0v) is 8.86. The summed E-state index contributed by atoms with van der Waals surface area (Å²) in [6, 6.07) is 0. The van der Waals surface area contributed by atoms with Gasteiger partial charge in [-0.3, -0.25) is 0 Å². The van der Waals surface area contributed by atoms with Crippen molar-refractivity contribution in [2.45, 2.75) is 12.0 Å². The van der Waals surface area contributed by atoms with Crippen molar-refractivity contribution in [3.63, 3.8) is 0 Å². The van der Waals surface area contributed by atoms with Crippen LogP contribution in [0.4, 0.5) is 0 Å². The van der Waals surface area contributed by atoms with Crippen molar-refractivity contribution < 1.29 is 19.4 Å². The third-order valence-electron chi connectivity index (χ3n) is 2.47. The molecule has 1 saturated heterocycles. The zero-order chi connectivity index (χ0) is 11.1. The van der Waals surface area contributed by atoms with Gasteiger partial charge in [0.25, 0.3) is 0 Å². The summed E-state index contributed by atoms with van der Waals surface area (Å²) < 4.78 is 10.7. The molecule has 1 atom stereocenters. The molecule has 1 rings (SSSR count). The lowest BCUT2D eigenvalue weighted by Crippen LogP contribution is -2.43. The molecule has 0 aliphatic carbocycles. The van der Waals surface area contributed by atoms with E-state index in [0.717, 1.165) is 19.1 Å². The van der Waals surface area contributed by atoms with Crippen molar-refractivity contribution in [2.24, 2.45) is 0 Å². The molecule has 1 aliphatic rings. The van der Waals surface area contributed by atoms with Gasteiger partial charge in [-0.25, -0.2) is 4.79 Å². The van der Waals surface area contributed by atoms with Gasteiger partial charge in [-0.05, 0) is 0 Å². The predicted molar refractivity (Wildman–Crippen MR) is 54.8 cm³/mol. The fourth-order valence-electron chi connectivity index (χ4n) is 1.50. The van der Waals surface area contributed by atoms with Crippen LogP contribution in [0.3, 0.4) is 0 Å². The number of carbonyl (C=O) groups is 1. The van der Waals surface area contributed by atoms with E-state index >= 15 is 0 Å². The Labute approximate surface area is 89.1 Å².